The summed E-state index contributed by atoms with van der Waals surface area (Å²) in [5.74, 6) is 1.08. The van der Waals surface area contributed by atoms with Crippen LogP contribution >= 0.6 is 35.8 Å². The van der Waals surface area contributed by atoms with Crippen LogP contribution in [0.15, 0.2) is 29.3 Å². The molecule has 1 aromatic carbocycles. The highest BCUT2D eigenvalue weighted by Crippen LogP contribution is 2.17. The van der Waals surface area contributed by atoms with E-state index in [2.05, 4.69) is 10.3 Å². The highest BCUT2D eigenvalue weighted by molar-refractivity contribution is 8.14. The fourth-order valence-electron chi connectivity index (χ4n) is 1.07. The van der Waals surface area contributed by atoms with Crippen LogP contribution in [0.5, 0.6) is 0 Å². The summed E-state index contributed by atoms with van der Waals surface area (Å²) in [7, 11) is 0. The van der Waals surface area contributed by atoms with E-state index in [1.807, 2.05) is 24.3 Å². The summed E-state index contributed by atoms with van der Waals surface area (Å²) in [6, 6.07) is 7.63. The molecular weight excluding hydrogens is 239 g/mol. The van der Waals surface area contributed by atoms with E-state index in [1.54, 1.807) is 11.8 Å². The molecule has 1 aliphatic rings. The normalized spacial score (nSPS) is 14.5. The van der Waals surface area contributed by atoms with Crippen LogP contribution < -0.4 is 5.32 Å². The Hall–Kier alpha value is -0.380. The molecule has 0 unspecified atom stereocenters. The molecule has 5 heteroatoms. The summed E-state index contributed by atoms with van der Waals surface area (Å²) < 4.78 is 0. The van der Waals surface area contributed by atoms with Crippen molar-refractivity contribution in [1.29, 1.82) is 0 Å². The quantitative estimate of drug-likeness (QED) is 0.825. The molecule has 2 rings (SSSR count). The molecule has 0 amide bonds. The van der Waals surface area contributed by atoms with Gasteiger partial charge in [0.2, 0.25) is 0 Å². The number of amidine groups is 1. The Labute approximate surface area is 98.5 Å². The fraction of sp³-hybridized carbons (Fsp3) is 0.222. The number of halogens is 2. The smallest absolute Gasteiger partial charge is 0.161 e. The average molecular weight is 249 g/mol. The molecule has 0 bridgehead atoms. The van der Waals surface area contributed by atoms with Gasteiger partial charge in [0.1, 0.15) is 0 Å². The first-order valence-corrected chi connectivity index (χ1v) is 5.41. The molecular formula is C9H10Cl2N2S. The van der Waals surface area contributed by atoms with Crippen molar-refractivity contribution in [2.45, 2.75) is 0 Å². The average Bonchev–Trinajstić information content (AvgIpc) is 2.62. The maximum absolute atomic E-state index is 5.77. The molecule has 0 aromatic heterocycles. The third kappa shape index (κ3) is 3.08. The first kappa shape index (κ1) is 11.7. The maximum Gasteiger partial charge on any atom is 0.161 e. The maximum atomic E-state index is 5.77. The highest BCUT2D eigenvalue weighted by atomic mass is 35.5. The van der Waals surface area contributed by atoms with Gasteiger partial charge in [0, 0.05) is 16.5 Å². The topological polar surface area (TPSA) is 24.4 Å². The number of aliphatic imine (C=N–C) groups is 1. The number of rotatable bonds is 1. The minimum atomic E-state index is 0. The van der Waals surface area contributed by atoms with Crippen molar-refractivity contribution >= 4 is 46.6 Å². The van der Waals surface area contributed by atoms with Crippen molar-refractivity contribution in [3.8, 4) is 0 Å². The number of benzene rings is 1. The van der Waals surface area contributed by atoms with Gasteiger partial charge in [-0.1, -0.05) is 23.4 Å². The van der Waals surface area contributed by atoms with Crippen molar-refractivity contribution in [3.63, 3.8) is 0 Å². The zero-order chi connectivity index (χ0) is 9.10. The molecule has 0 saturated heterocycles. The van der Waals surface area contributed by atoms with Crippen molar-refractivity contribution in [2.24, 2.45) is 4.99 Å². The third-order valence-corrected chi connectivity index (χ3v) is 2.82. The lowest BCUT2D eigenvalue weighted by atomic mass is 10.3. The van der Waals surface area contributed by atoms with E-state index in [9.17, 15) is 0 Å². The lowest BCUT2D eigenvalue weighted by Crippen LogP contribution is -2.04. The van der Waals surface area contributed by atoms with Gasteiger partial charge in [-0.25, -0.2) is 0 Å². The summed E-state index contributed by atoms with van der Waals surface area (Å²) in [5.41, 5.74) is 1.04. The molecule has 1 aromatic rings. The first-order chi connectivity index (χ1) is 6.34. The van der Waals surface area contributed by atoms with Crippen LogP contribution in [0.1, 0.15) is 0 Å². The van der Waals surface area contributed by atoms with Gasteiger partial charge in [0.25, 0.3) is 0 Å². The minimum absolute atomic E-state index is 0. The van der Waals surface area contributed by atoms with Gasteiger partial charge >= 0.3 is 0 Å². The van der Waals surface area contributed by atoms with Gasteiger partial charge in [0.05, 0.1) is 6.54 Å². The fourth-order valence-corrected chi connectivity index (χ4v) is 1.94. The second-order valence-corrected chi connectivity index (χ2v) is 4.19. The van der Waals surface area contributed by atoms with Crippen LogP contribution in [0.3, 0.4) is 0 Å². The van der Waals surface area contributed by atoms with Crippen LogP contribution in [0.2, 0.25) is 5.02 Å². The summed E-state index contributed by atoms with van der Waals surface area (Å²) >= 11 is 7.51. The molecule has 0 saturated carbocycles. The minimum Gasteiger partial charge on any atom is -0.335 e. The lowest BCUT2D eigenvalue weighted by Gasteiger charge is -2.03. The standard InChI is InChI=1S/C9H9ClN2S.ClH/c10-7-1-3-8(4-2-7)12-9-11-5-6-13-9;/h1-4H,5-6H2,(H,11,12);1H. The van der Waals surface area contributed by atoms with Gasteiger partial charge < -0.3 is 5.32 Å². The van der Waals surface area contributed by atoms with Crippen LogP contribution in [0.4, 0.5) is 5.69 Å². The summed E-state index contributed by atoms with van der Waals surface area (Å²) in [6.07, 6.45) is 0. The predicted molar refractivity (Wildman–Crippen MR) is 67.1 cm³/mol. The molecule has 1 N–H and O–H groups in total. The van der Waals surface area contributed by atoms with Crippen LogP contribution in [-0.4, -0.2) is 17.5 Å². The first-order valence-electron chi connectivity index (χ1n) is 4.04. The monoisotopic (exact) mass is 248 g/mol. The largest absolute Gasteiger partial charge is 0.335 e. The van der Waals surface area contributed by atoms with E-state index in [0.717, 1.165) is 28.2 Å². The predicted octanol–water partition coefficient (Wildman–Crippen LogP) is 3.28. The Morgan fingerprint density at radius 1 is 1.29 bits per heavy atom. The number of thioether (sulfide) groups is 1. The van der Waals surface area contributed by atoms with Gasteiger partial charge in [-0.15, -0.1) is 12.4 Å². The molecule has 14 heavy (non-hydrogen) atoms. The van der Waals surface area contributed by atoms with Gasteiger partial charge in [0.15, 0.2) is 5.17 Å². The second-order valence-electron chi connectivity index (χ2n) is 2.67. The Morgan fingerprint density at radius 3 is 2.57 bits per heavy atom. The number of anilines is 1. The van der Waals surface area contributed by atoms with Gasteiger partial charge in [-0.2, -0.15) is 0 Å². The second kappa shape index (κ2) is 5.49. The Kier molecular flexibility index (Phi) is 4.58. The van der Waals surface area contributed by atoms with Crippen molar-refractivity contribution < 1.29 is 0 Å². The van der Waals surface area contributed by atoms with E-state index in [-0.39, 0.29) is 12.4 Å². The van der Waals surface area contributed by atoms with Crippen molar-refractivity contribution in [2.75, 3.05) is 17.6 Å². The number of nitrogens with one attached hydrogen (secondary N) is 1. The zero-order valence-electron chi connectivity index (χ0n) is 7.37. The number of nitrogens with zero attached hydrogens (tertiary/aromatic N) is 1. The molecule has 1 heterocycles. The Morgan fingerprint density at radius 2 is 2.00 bits per heavy atom. The van der Waals surface area contributed by atoms with Crippen LogP contribution in [0, 0.1) is 0 Å². The molecule has 0 aliphatic carbocycles. The third-order valence-electron chi connectivity index (χ3n) is 1.68. The molecule has 1 aliphatic heterocycles. The van der Waals surface area contributed by atoms with E-state index < -0.39 is 0 Å². The Balaban J connectivity index is 0.000000980. The molecule has 0 atom stereocenters. The summed E-state index contributed by atoms with van der Waals surface area (Å²) in [4.78, 5) is 4.29. The van der Waals surface area contributed by atoms with E-state index in [4.69, 9.17) is 11.6 Å². The number of hydrogen-bond donors (Lipinski definition) is 1. The van der Waals surface area contributed by atoms with E-state index in [0.29, 0.717) is 0 Å². The highest BCUT2D eigenvalue weighted by Gasteiger charge is 2.06. The lowest BCUT2D eigenvalue weighted by molar-refractivity contribution is 1.17. The zero-order valence-corrected chi connectivity index (χ0v) is 9.75. The molecule has 0 radical (unpaired) electrons. The van der Waals surface area contributed by atoms with Crippen molar-refractivity contribution in [1.82, 2.24) is 0 Å². The molecule has 2 nitrogen and oxygen atoms in total. The Bertz CT molecular complexity index is 324. The molecule has 0 fully saturated rings. The SMILES string of the molecule is Cl.Clc1ccc(NC2=NCCS2)cc1. The summed E-state index contributed by atoms with van der Waals surface area (Å²) in [6.45, 7) is 0.917. The van der Waals surface area contributed by atoms with Crippen molar-refractivity contribution in [3.05, 3.63) is 29.3 Å². The van der Waals surface area contributed by atoms with Crippen LogP contribution in [-0.2, 0) is 0 Å². The molecule has 0 spiro atoms. The van der Waals surface area contributed by atoms with Gasteiger partial charge in [-0.3, -0.25) is 4.99 Å². The molecule has 76 valence electrons. The van der Waals surface area contributed by atoms with Gasteiger partial charge in [-0.05, 0) is 24.3 Å². The van der Waals surface area contributed by atoms with E-state index >= 15 is 0 Å². The number of hydrogen-bond acceptors (Lipinski definition) is 3. The summed E-state index contributed by atoms with van der Waals surface area (Å²) in [5, 5.41) is 4.98. The van der Waals surface area contributed by atoms with E-state index in [1.165, 1.54) is 0 Å². The van der Waals surface area contributed by atoms with Crippen LogP contribution in [0.25, 0.3) is 0 Å².